The fourth-order valence-corrected chi connectivity index (χ4v) is 2.60. The molecular formula is C15H15N. The first-order valence-corrected chi connectivity index (χ1v) is 5.75. The van der Waals surface area contributed by atoms with E-state index in [0.29, 0.717) is 5.92 Å². The van der Waals surface area contributed by atoms with Gasteiger partial charge in [0, 0.05) is 5.69 Å². The standard InChI is InChI=1S/C15H15N/c16-15-7-6-12-8-13(9-14(12)10-15)11-4-2-1-3-5-11/h1-7,10,13H,8-9,16H2. The third-order valence-corrected chi connectivity index (χ3v) is 3.43. The minimum Gasteiger partial charge on any atom is -0.399 e. The van der Waals surface area contributed by atoms with Crippen molar-refractivity contribution in [1.82, 2.24) is 0 Å². The zero-order chi connectivity index (χ0) is 11.0. The van der Waals surface area contributed by atoms with Gasteiger partial charge in [0.1, 0.15) is 0 Å². The van der Waals surface area contributed by atoms with Crippen LogP contribution < -0.4 is 5.73 Å². The van der Waals surface area contributed by atoms with Crippen LogP contribution in [0.3, 0.4) is 0 Å². The van der Waals surface area contributed by atoms with Gasteiger partial charge in [0.15, 0.2) is 0 Å². The van der Waals surface area contributed by atoms with Crippen LogP contribution in [-0.2, 0) is 12.8 Å². The number of hydrogen-bond donors (Lipinski definition) is 1. The molecule has 1 heteroatoms. The van der Waals surface area contributed by atoms with Gasteiger partial charge in [0.05, 0.1) is 0 Å². The summed E-state index contributed by atoms with van der Waals surface area (Å²) in [6.07, 6.45) is 2.28. The van der Waals surface area contributed by atoms with E-state index < -0.39 is 0 Å². The Morgan fingerprint density at radius 2 is 1.62 bits per heavy atom. The first-order chi connectivity index (χ1) is 7.83. The Morgan fingerprint density at radius 3 is 2.44 bits per heavy atom. The molecule has 0 bridgehead atoms. The van der Waals surface area contributed by atoms with Crippen LogP contribution >= 0.6 is 0 Å². The lowest BCUT2D eigenvalue weighted by atomic mass is 9.96. The maximum atomic E-state index is 5.81. The number of benzene rings is 2. The van der Waals surface area contributed by atoms with E-state index in [2.05, 4.69) is 42.5 Å². The van der Waals surface area contributed by atoms with Gasteiger partial charge in [-0.25, -0.2) is 0 Å². The van der Waals surface area contributed by atoms with E-state index in [1.807, 2.05) is 6.07 Å². The SMILES string of the molecule is Nc1ccc2c(c1)CC(c1ccccc1)C2. The number of nitrogens with two attached hydrogens (primary N) is 1. The Labute approximate surface area is 95.9 Å². The lowest BCUT2D eigenvalue weighted by molar-refractivity contribution is 0.742. The largest absolute Gasteiger partial charge is 0.399 e. The van der Waals surface area contributed by atoms with Crippen LogP contribution in [0.25, 0.3) is 0 Å². The summed E-state index contributed by atoms with van der Waals surface area (Å²) < 4.78 is 0. The molecule has 1 atom stereocenters. The van der Waals surface area contributed by atoms with Crippen molar-refractivity contribution in [2.75, 3.05) is 5.73 Å². The average Bonchev–Trinajstić information content (AvgIpc) is 2.73. The van der Waals surface area contributed by atoms with E-state index in [4.69, 9.17) is 5.73 Å². The van der Waals surface area contributed by atoms with Gasteiger partial charge in [0.25, 0.3) is 0 Å². The summed E-state index contributed by atoms with van der Waals surface area (Å²) >= 11 is 0. The smallest absolute Gasteiger partial charge is 0.0316 e. The molecule has 1 aliphatic carbocycles. The van der Waals surface area contributed by atoms with E-state index in [1.54, 1.807) is 0 Å². The molecule has 80 valence electrons. The Morgan fingerprint density at radius 1 is 0.875 bits per heavy atom. The number of hydrogen-bond acceptors (Lipinski definition) is 1. The summed E-state index contributed by atoms with van der Waals surface area (Å²) in [5, 5.41) is 0. The van der Waals surface area contributed by atoms with Crippen LogP contribution in [0.15, 0.2) is 48.5 Å². The molecular weight excluding hydrogens is 194 g/mol. The van der Waals surface area contributed by atoms with Gasteiger partial charge in [-0.3, -0.25) is 0 Å². The van der Waals surface area contributed by atoms with Crippen molar-refractivity contribution in [1.29, 1.82) is 0 Å². The summed E-state index contributed by atoms with van der Waals surface area (Å²) in [5.41, 5.74) is 11.0. The predicted molar refractivity (Wildman–Crippen MR) is 67.4 cm³/mol. The summed E-state index contributed by atoms with van der Waals surface area (Å²) in [7, 11) is 0. The maximum Gasteiger partial charge on any atom is 0.0316 e. The fraction of sp³-hybridized carbons (Fsp3) is 0.200. The van der Waals surface area contributed by atoms with E-state index >= 15 is 0 Å². The molecule has 1 aliphatic rings. The summed E-state index contributed by atoms with van der Waals surface area (Å²) in [6.45, 7) is 0. The molecule has 0 heterocycles. The molecule has 0 spiro atoms. The zero-order valence-corrected chi connectivity index (χ0v) is 9.19. The lowest BCUT2D eigenvalue weighted by Gasteiger charge is -2.08. The highest BCUT2D eigenvalue weighted by atomic mass is 14.5. The van der Waals surface area contributed by atoms with Crippen molar-refractivity contribution in [3.8, 4) is 0 Å². The normalized spacial score (nSPS) is 18.4. The van der Waals surface area contributed by atoms with Crippen LogP contribution in [0.4, 0.5) is 5.69 Å². The second kappa shape index (κ2) is 3.67. The van der Waals surface area contributed by atoms with Crippen molar-refractivity contribution < 1.29 is 0 Å². The molecule has 2 aromatic rings. The number of fused-ring (bicyclic) bond motifs is 1. The van der Waals surface area contributed by atoms with Crippen molar-refractivity contribution in [2.24, 2.45) is 0 Å². The Bertz CT molecular complexity index is 502. The Kier molecular flexibility index (Phi) is 2.17. The summed E-state index contributed by atoms with van der Waals surface area (Å²) in [4.78, 5) is 0. The average molecular weight is 209 g/mol. The molecule has 0 amide bonds. The number of anilines is 1. The molecule has 0 aliphatic heterocycles. The summed E-state index contributed by atoms with van der Waals surface area (Å²) in [5.74, 6) is 0.637. The molecule has 2 aromatic carbocycles. The first kappa shape index (κ1) is 9.46. The zero-order valence-electron chi connectivity index (χ0n) is 9.19. The second-order valence-electron chi connectivity index (χ2n) is 4.54. The van der Waals surface area contributed by atoms with Gasteiger partial charge in [0.2, 0.25) is 0 Å². The molecule has 2 N–H and O–H groups in total. The molecule has 3 rings (SSSR count). The van der Waals surface area contributed by atoms with Crippen LogP contribution in [-0.4, -0.2) is 0 Å². The van der Waals surface area contributed by atoms with E-state index in [9.17, 15) is 0 Å². The molecule has 16 heavy (non-hydrogen) atoms. The Balaban J connectivity index is 1.91. The molecule has 0 aromatic heterocycles. The van der Waals surface area contributed by atoms with E-state index in [-0.39, 0.29) is 0 Å². The highest BCUT2D eigenvalue weighted by Crippen LogP contribution is 2.34. The van der Waals surface area contributed by atoms with Gasteiger partial charge in [-0.2, -0.15) is 0 Å². The van der Waals surface area contributed by atoms with Gasteiger partial charge < -0.3 is 5.73 Å². The molecule has 0 saturated carbocycles. The quantitative estimate of drug-likeness (QED) is 0.717. The monoisotopic (exact) mass is 209 g/mol. The third-order valence-electron chi connectivity index (χ3n) is 3.43. The van der Waals surface area contributed by atoms with Crippen LogP contribution in [0.1, 0.15) is 22.6 Å². The van der Waals surface area contributed by atoms with Crippen molar-refractivity contribution in [2.45, 2.75) is 18.8 Å². The van der Waals surface area contributed by atoms with Gasteiger partial charge >= 0.3 is 0 Å². The minimum absolute atomic E-state index is 0.637. The van der Waals surface area contributed by atoms with Gasteiger partial charge in [-0.15, -0.1) is 0 Å². The third kappa shape index (κ3) is 1.58. The van der Waals surface area contributed by atoms with Crippen LogP contribution in [0, 0.1) is 0 Å². The predicted octanol–water partition coefficient (Wildman–Crippen LogP) is 3.15. The van der Waals surface area contributed by atoms with E-state index in [0.717, 1.165) is 18.5 Å². The molecule has 1 nitrogen and oxygen atoms in total. The van der Waals surface area contributed by atoms with Crippen LogP contribution in [0.5, 0.6) is 0 Å². The first-order valence-electron chi connectivity index (χ1n) is 5.75. The molecule has 0 radical (unpaired) electrons. The highest BCUT2D eigenvalue weighted by molar-refractivity contribution is 5.48. The topological polar surface area (TPSA) is 26.0 Å². The minimum atomic E-state index is 0.637. The number of rotatable bonds is 1. The van der Waals surface area contributed by atoms with Crippen molar-refractivity contribution in [3.05, 3.63) is 65.2 Å². The van der Waals surface area contributed by atoms with Crippen molar-refractivity contribution in [3.63, 3.8) is 0 Å². The van der Waals surface area contributed by atoms with Gasteiger partial charge in [-0.05, 0) is 47.6 Å². The highest BCUT2D eigenvalue weighted by Gasteiger charge is 2.22. The van der Waals surface area contributed by atoms with Crippen molar-refractivity contribution >= 4 is 5.69 Å². The second-order valence-corrected chi connectivity index (χ2v) is 4.54. The van der Waals surface area contributed by atoms with E-state index in [1.165, 1.54) is 16.7 Å². The lowest BCUT2D eigenvalue weighted by Crippen LogP contribution is -1.96. The summed E-state index contributed by atoms with van der Waals surface area (Å²) in [6, 6.07) is 17.1. The Hall–Kier alpha value is -1.76. The fourth-order valence-electron chi connectivity index (χ4n) is 2.60. The van der Waals surface area contributed by atoms with Crippen LogP contribution in [0.2, 0.25) is 0 Å². The molecule has 0 saturated heterocycles. The molecule has 0 fully saturated rings. The molecule has 1 unspecified atom stereocenters. The maximum absolute atomic E-state index is 5.81. The van der Waals surface area contributed by atoms with Gasteiger partial charge in [-0.1, -0.05) is 36.4 Å². The number of nitrogen functional groups attached to an aromatic ring is 1.